The van der Waals surface area contributed by atoms with E-state index in [0.29, 0.717) is 23.8 Å². The molecule has 0 heterocycles. The lowest BCUT2D eigenvalue weighted by molar-refractivity contribution is -0.146. The molecule has 26 heavy (non-hydrogen) atoms. The fourth-order valence-electron chi connectivity index (χ4n) is 2.34. The van der Waals surface area contributed by atoms with E-state index < -0.39 is 11.7 Å². The minimum atomic E-state index is -0.551. The van der Waals surface area contributed by atoms with Crippen LogP contribution in [-0.4, -0.2) is 23.9 Å². The summed E-state index contributed by atoms with van der Waals surface area (Å²) in [6.45, 7) is 6.61. The molecule has 0 aliphatic rings. The van der Waals surface area contributed by atoms with Crippen LogP contribution in [0, 0.1) is 0 Å². The Morgan fingerprint density at radius 1 is 1.12 bits per heavy atom. The molecular weight excluding hydrogens is 352 g/mol. The van der Waals surface area contributed by atoms with Gasteiger partial charge in [0.15, 0.2) is 0 Å². The summed E-state index contributed by atoms with van der Waals surface area (Å²) >= 11 is 6.38. The SMILES string of the molecule is CON(Cc1ccccc1)Cc1ccc(NC(=O)OC(C)(C)C)cc1Cl. The van der Waals surface area contributed by atoms with Crippen LogP contribution in [0.15, 0.2) is 48.5 Å². The van der Waals surface area contributed by atoms with Crippen molar-refractivity contribution in [2.24, 2.45) is 0 Å². The lowest BCUT2D eigenvalue weighted by Gasteiger charge is -2.21. The van der Waals surface area contributed by atoms with Crippen molar-refractivity contribution in [2.75, 3.05) is 12.4 Å². The lowest BCUT2D eigenvalue weighted by Crippen LogP contribution is -2.27. The third kappa shape index (κ3) is 6.67. The van der Waals surface area contributed by atoms with Gasteiger partial charge in [-0.05, 0) is 44.0 Å². The second-order valence-corrected chi connectivity index (χ2v) is 7.31. The molecule has 0 aromatic heterocycles. The topological polar surface area (TPSA) is 50.8 Å². The Bertz CT molecular complexity index is 730. The van der Waals surface area contributed by atoms with Gasteiger partial charge in [0.05, 0.1) is 13.7 Å². The highest BCUT2D eigenvalue weighted by molar-refractivity contribution is 6.31. The fourth-order valence-corrected chi connectivity index (χ4v) is 2.58. The first-order valence-corrected chi connectivity index (χ1v) is 8.76. The van der Waals surface area contributed by atoms with Gasteiger partial charge in [0, 0.05) is 17.3 Å². The summed E-state index contributed by atoms with van der Waals surface area (Å²) in [5, 5.41) is 5.05. The Morgan fingerprint density at radius 3 is 2.38 bits per heavy atom. The number of carbonyl (C=O) groups excluding carboxylic acids is 1. The van der Waals surface area contributed by atoms with Crippen molar-refractivity contribution in [3.63, 3.8) is 0 Å². The third-order valence-corrected chi connectivity index (χ3v) is 3.86. The van der Waals surface area contributed by atoms with E-state index in [0.717, 1.165) is 11.1 Å². The lowest BCUT2D eigenvalue weighted by atomic mass is 10.2. The van der Waals surface area contributed by atoms with Gasteiger partial charge in [-0.1, -0.05) is 48.0 Å². The molecular formula is C20H25ClN2O3. The molecule has 0 fully saturated rings. The highest BCUT2D eigenvalue weighted by Gasteiger charge is 2.17. The molecule has 2 rings (SSSR count). The zero-order valence-corrected chi connectivity index (χ0v) is 16.3. The van der Waals surface area contributed by atoms with Crippen LogP contribution >= 0.6 is 11.6 Å². The summed E-state index contributed by atoms with van der Waals surface area (Å²) < 4.78 is 5.24. The molecule has 0 bridgehead atoms. The maximum atomic E-state index is 11.8. The predicted octanol–water partition coefficient (Wildman–Crippen LogP) is 5.25. The Balaban J connectivity index is 2.00. The molecule has 0 saturated heterocycles. The maximum absolute atomic E-state index is 11.8. The molecule has 6 heteroatoms. The zero-order valence-electron chi connectivity index (χ0n) is 15.6. The minimum Gasteiger partial charge on any atom is -0.444 e. The van der Waals surface area contributed by atoms with Gasteiger partial charge in [-0.25, -0.2) is 4.79 Å². The zero-order chi connectivity index (χ0) is 19.2. The van der Waals surface area contributed by atoms with E-state index in [2.05, 4.69) is 5.32 Å². The van der Waals surface area contributed by atoms with Crippen LogP contribution in [0.5, 0.6) is 0 Å². The van der Waals surface area contributed by atoms with Crippen molar-refractivity contribution >= 4 is 23.4 Å². The summed E-state index contributed by atoms with van der Waals surface area (Å²) in [7, 11) is 1.63. The number of benzene rings is 2. The Hall–Kier alpha value is -2.08. The molecule has 0 spiro atoms. The molecule has 0 aliphatic heterocycles. The number of carbonyl (C=O) groups is 1. The van der Waals surface area contributed by atoms with Crippen molar-refractivity contribution in [3.8, 4) is 0 Å². The number of halogens is 1. The van der Waals surface area contributed by atoms with E-state index in [4.69, 9.17) is 21.2 Å². The van der Waals surface area contributed by atoms with Gasteiger partial charge in [-0.3, -0.25) is 5.32 Å². The molecule has 0 saturated carbocycles. The van der Waals surface area contributed by atoms with Crippen LogP contribution in [0.3, 0.4) is 0 Å². The largest absolute Gasteiger partial charge is 0.444 e. The highest BCUT2D eigenvalue weighted by Crippen LogP contribution is 2.23. The highest BCUT2D eigenvalue weighted by atomic mass is 35.5. The second-order valence-electron chi connectivity index (χ2n) is 6.90. The number of hydrogen-bond donors (Lipinski definition) is 1. The number of rotatable bonds is 6. The van der Waals surface area contributed by atoms with Crippen molar-refractivity contribution < 1.29 is 14.4 Å². The van der Waals surface area contributed by atoms with E-state index in [1.54, 1.807) is 19.2 Å². The molecule has 1 amide bonds. The molecule has 0 radical (unpaired) electrons. The van der Waals surface area contributed by atoms with Crippen LogP contribution in [0.1, 0.15) is 31.9 Å². The summed E-state index contributed by atoms with van der Waals surface area (Å²) in [5.74, 6) is 0. The Labute approximate surface area is 159 Å². The molecule has 0 atom stereocenters. The van der Waals surface area contributed by atoms with Crippen LogP contribution in [0.2, 0.25) is 5.02 Å². The van der Waals surface area contributed by atoms with E-state index in [9.17, 15) is 4.79 Å². The van der Waals surface area contributed by atoms with Crippen molar-refractivity contribution in [2.45, 2.75) is 39.5 Å². The summed E-state index contributed by atoms with van der Waals surface area (Å²) in [6.07, 6.45) is -0.510. The number of hydroxylamine groups is 2. The number of ether oxygens (including phenoxy) is 1. The van der Waals surface area contributed by atoms with Crippen molar-refractivity contribution in [3.05, 3.63) is 64.7 Å². The van der Waals surface area contributed by atoms with Gasteiger partial charge in [-0.15, -0.1) is 0 Å². The van der Waals surface area contributed by atoms with E-state index >= 15 is 0 Å². The summed E-state index contributed by atoms with van der Waals surface area (Å²) in [5.41, 5.74) is 2.08. The van der Waals surface area contributed by atoms with Crippen molar-refractivity contribution in [1.82, 2.24) is 5.06 Å². The normalized spacial score (nSPS) is 11.5. The number of amides is 1. The molecule has 140 valence electrons. The second kappa shape index (κ2) is 9.03. The quantitative estimate of drug-likeness (QED) is 0.699. The van der Waals surface area contributed by atoms with Gasteiger partial charge in [0.2, 0.25) is 0 Å². The fraction of sp³-hybridized carbons (Fsp3) is 0.350. The van der Waals surface area contributed by atoms with Gasteiger partial charge in [0.1, 0.15) is 5.60 Å². The standard InChI is InChI=1S/C20H25ClN2O3/c1-20(2,3)26-19(24)22-17-11-10-16(18(21)12-17)14-23(25-4)13-15-8-6-5-7-9-15/h5-12H,13-14H2,1-4H3,(H,22,24). The molecule has 5 nitrogen and oxygen atoms in total. The van der Waals surface area contributed by atoms with Gasteiger partial charge in [-0.2, -0.15) is 5.06 Å². The van der Waals surface area contributed by atoms with E-state index in [1.165, 1.54) is 0 Å². The van der Waals surface area contributed by atoms with Crippen LogP contribution in [0.25, 0.3) is 0 Å². The van der Waals surface area contributed by atoms with Gasteiger partial charge in [0.25, 0.3) is 0 Å². The first kappa shape index (κ1) is 20.2. The average molecular weight is 377 g/mol. The third-order valence-electron chi connectivity index (χ3n) is 3.50. The monoisotopic (exact) mass is 376 g/mol. The smallest absolute Gasteiger partial charge is 0.412 e. The average Bonchev–Trinajstić information content (AvgIpc) is 2.55. The number of anilines is 1. The van der Waals surface area contributed by atoms with Crippen molar-refractivity contribution in [1.29, 1.82) is 0 Å². The molecule has 2 aromatic rings. The van der Waals surface area contributed by atoms with Gasteiger partial charge < -0.3 is 9.57 Å². The first-order valence-electron chi connectivity index (χ1n) is 8.38. The minimum absolute atomic E-state index is 0.510. The first-order chi connectivity index (χ1) is 12.3. The maximum Gasteiger partial charge on any atom is 0.412 e. The van der Waals surface area contributed by atoms with Crippen LogP contribution in [-0.2, 0) is 22.7 Å². The number of hydrogen-bond acceptors (Lipinski definition) is 4. The molecule has 0 unspecified atom stereocenters. The summed E-state index contributed by atoms with van der Waals surface area (Å²) in [4.78, 5) is 17.3. The molecule has 1 N–H and O–H groups in total. The van der Waals surface area contributed by atoms with E-state index in [1.807, 2.05) is 62.2 Å². The number of nitrogens with one attached hydrogen (secondary N) is 1. The molecule has 2 aromatic carbocycles. The Kier molecular flexibility index (Phi) is 7.03. The summed E-state index contributed by atoms with van der Waals surface area (Å²) in [6, 6.07) is 15.4. The van der Waals surface area contributed by atoms with E-state index in [-0.39, 0.29) is 0 Å². The Morgan fingerprint density at radius 2 is 1.81 bits per heavy atom. The van der Waals surface area contributed by atoms with Gasteiger partial charge >= 0.3 is 6.09 Å². The van der Waals surface area contributed by atoms with Crippen LogP contribution < -0.4 is 5.32 Å². The predicted molar refractivity (Wildman–Crippen MR) is 104 cm³/mol. The molecule has 0 aliphatic carbocycles. The number of nitrogens with zero attached hydrogens (tertiary/aromatic N) is 1. The van der Waals surface area contributed by atoms with Crippen LogP contribution in [0.4, 0.5) is 10.5 Å².